The zero-order valence-electron chi connectivity index (χ0n) is 7.33. The average Bonchev–Trinajstić information content (AvgIpc) is 2.02. The fourth-order valence-corrected chi connectivity index (χ4v) is 0.559. The van der Waals surface area contributed by atoms with Gasteiger partial charge < -0.3 is 5.73 Å². The van der Waals surface area contributed by atoms with Gasteiger partial charge in [0.05, 0.1) is 6.04 Å². The molecule has 0 spiro atoms. The molecule has 0 aromatic heterocycles. The van der Waals surface area contributed by atoms with Gasteiger partial charge in [0.1, 0.15) is 0 Å². The van der Waals surface area contributed by atoms with Gasteiger partial charge in [-0.05, 0) is 12.0 Å². The molecule has 0 aliphatic carbocycles. The van der Waals surface area contributed by atoms with Gasteiger partial charge in [-0.1, -0.05) is 20.4 Å². The topological polar surface area (TPSA) is 72.2 Å². The fourth-order valence-electron chi connectivity index (χ4n) is 0.559. The molecule has 2 amide bonds. The molecular weight excluding hydrogens is 156 g/mol. The van der Waals surface area contributed by atoms with Crippen molar-refractivity contribution in [1.82, 2.24) is 5.32 Å². The van der Waals surface area contributed by atoms with Gasteiger partial charge >= 0.3 is 0 Å². The van der Waals surface area contributed by atoms with Gasteiger partial charge in [-0.15, -0.1) is 0 Å². The van der Waals surface area contributed by atoms with Gasteiger partial charge in [-0.3, -0.25) is 14.9 Å². The Bertz CT molecular complexity index is 199. The van der Waals surface area contributed by atoms with E-state index in [0.717, 1.165) is 6.08 Å². The average molecular weight is 170 g/mol. The summed E-state index contributed by atoms with van der Waals surface area (Å²) in [7, 11) is 0. The summed E-state index contributed by atoms with van der Waals surface area (Å²) in [6, 6.07) is -0.645. The van der Waals surface area contributed by atoms with Crippen molar-refractivity contribution in [2.45, 2.75) is 19.9 Å². The van der Waals surface area contributed by atoms with Crippen LogP contribution in [0, 0.1) is 5.92 Å². The molecule has 0 aliphatic rings. The Morgan fingerprint density at radius 1 is 1.50 bits per heavy atom. The number of rotatable bonds is 3. The highest BCUT2D eigenvalue weighted by Crippen LogP contribution is 1.97. The van der Waals surface area contributed by atoms with Crippen LogP contribution in [0.25, 0.3) is 0 Å². The van der Waals surface area contributed by atoms with E-state index in [4.69, 9.17) is 5.73 Å². The lowest BCUT2D eigenvalue weighted by Crippen LogP contribution is -2.45. The lowest BCUT2D eigenvalue weighted by atomic mass is 10.1. The molecule has 4 nitrogen and oxygen atoms in total. The van der Waals surface area contributed by atoms with Crippen molar-refractivity contribution in [1.29, 1.82) is 0 Å². The van der Waals surface area contributed by atoms with Crippen molar-refractivity contribution < 1.29 is 9.59 Å². The van der Waals surface area contributed by atoms with E-state index in [1.807, 2.05) is 13.8 Å². The number of carbonyl (C=O) groups excluding carboxylic acids is 2. The zero-order valence-corrected chi connectivity index (χ0v) is 7.33. The first-order valence-electron chi connectivity index (χ1n) is 3.72. The van der Waals surface area contributed by atoms with Crippen molar-refractivity contribution >= 4 is 11.8 Å². The third kappa shape index (κ3) is 3.30. The number of hydrogen-bond acceptors (Lipinski definition) is 3. The number of carbonyl (C=O) groups is 2. The molecule has 12 heavy (non-hydrogen) atoms. The van der Waals surface area contributed by atoms with Crippen LogP contribution >= 0.6 is 0 Å². The number of hydrogen-bond donors (Lipinski definition) is 2. The Morgan fingerprint density at radius 3 is 2.33 bits per heavy atom. The van der Waals surface area contributed by atoms with E-state index in [-0.39, 0.29) is 5.92 Å². The number of amides is 2. The van der Waals surface area contributed by atoms with Crippen molar-refractivity contribution in [3.8, 4) is 0 Å². The first-order valence-corrected chi connectivity index (χ1v) is 3.72. The molecule has 0 aromatic rings. The molecule has 0 bridgehead atoms. The van der Waals surface area contributed by atoms with E-state index in [0.29, 0.717) is 0 Å². The van der Waals surface area contributed by atoms with Crippen LogP contribution in [0.2, 0.25) is 0 Å². The summed E-state index contributed by atoms with van der Waals surface area (Å²) in [5, 5.41) is 2.09. The lowest BCUT2D eigenvalue weighted by molar-refractivity contribution is -0.129. The highest BCUT2D eigenvalue weighted by atomic mass is 16.2. The smallest absolute Gasteiger partial charge is 0.249 e. The predicted octanol–water partition coefficient (Wildman–Crippen LogP) is -0.202. The molecule has 0 aromatic carbocycles. The number of imide groups is 1. The molecule has 0 rings (SSSR count). The van der Waals surface area contributed by atoms with Gasteiger partial charge in [-0.2, -0.15) is 0 Å². The normalized spacial score (nSPS) is 12.3. The second kappa shape index (κ2) is 4.66. The minimum absolute atomic E-state index is 0.0163. The van der Waals surface area contributed by atoms with Crippen molar-refractivity contribution in [2.75, 3.05) is 0 Å². The highest BCUT2D eigenvalue weighted by Gasteiger charge is 2.17. The van der Waals surface area contributed by atoms with Crippen LogP contribution in [0.5, 0.6) is 0 Å². The summed E-state index contributed by atoms with van der Waals surface area (Å²) >= 11 is 0. The summed E-state index contributed by atoms with van der Waals surface area (Å²) in [5.41, 5.74) is 5.46. The van der Waals surface area contributed by atoms with Crippen molar-refractivity contribution in [3.05, 3.63) is 12.7 Å². The summed E-state index contributed by atoms with van der Waals surface area (Å²) in [6.45, 7) is 6.83. The monoisotopic (exact) mass is 170 g/mol. The molecule has 0 aliphatic heterocycles. The minimum atomic E-state index is -0.645. The summed E-state index contributed by atoms with van der Waals surface area (Å²) in [5.74, 6) is -0.964. The van der Waals surface area contributed by atoms with Gasteiger partial charge in [0.25, 0.3) is 0 Å². The molecule has 0 radical (unpaired) electrons. The first kappa shape index (κ1) is 10.8. The van der Waals surface area contributed by atoms with Crippen LogP contribution in [0.1, 0.15) is 13.8 Å². The molecular formula is C8H14N2O2. The molecule has 0 fully saturated rings. The lowest BCUT2D eigenvalue weighted by Gasteiger charge is -2.13. The third-order valence-corrected chi connectivity index (χ3v) is 1.45. The zero-order chi connectivity index (χ0) is 9.72. The van der Waals surface area contributed by atoms with Crippen molar-refractivity contribution in [3.63, 3.8) is 0 Å². The minimum Gasteiger partial charge on any atom is -0.320 e. The Hall–Kier alpha value is -1.16. The largest absolute Gasteiger partial charge is 0.320 e. The van der Waals surface area contributed by atoms with Gasteiger partial charge in [0.15, 0.2) is 0 Å². The molecule has 1 atom stereocenters. The Labute approximate surface area is 71.8 Å². The molecule has 3 N–H and O–H groups in total. The van der Waals surface area contributed by atoms with Crippen LogP contribution in [-0.4, -0.2) is 17.9 Å². The molecule has 4 heteroatoms. The summed E-state index contributed by atoms with van der Waals surface area (Å²) in [4.78, 5) is 21.7. The highest BCUT2D eigenvalue weighted by molar-refractivity contribution is 6.02. The SMILES string of the molecule is C=CC(=O)NC(=O)[C@@H](N)C(C)C. The van der Waals surface area contributed by atoms with E-state index >= 15 is 0 Å². The third-order valence-electron chi connectivity index (χ3n) is 1.45. The molecule has 0 saturated carbocycles. The molecule has 68 valence electrons. The Balaban J connectivity index is 4.04. The maximum absolute atomic E-state index is 11.0. The predicted molar refractivity (Wildman–Crippen MR) is 46.2 cm³/mol. The van der Waals surface area contributed by atoms with E-state index in [2.05, 4.69) is 11.9 Å². The number of nitrogens with two attached hydrogens (primary N) is 1. The van der Waals surface area contributed by atoms with Crippen molar-refractivity contribution in [2.24, 2.45) is 11.7 Å². The molecule has 0 unspecified atom stereocenters. The maximum Gasteiger partial charge on any atom is 0.249 e. The van der Waals surface area contributed by atoms with Gasteiger partial charge in [-0.25, -0.2) is 0 Å². The van der Waals surface area contributed by atoms with E-state index < -0.39 is 17.9 Å². The van der Waals surface area contributed by atoms with E-state index in [9.17, 15) is 9.59 Å². The standard InChI is InChI=1S/C8H14N2O2/c1-4-6(11)10-8(12)7(9)5(2)3/h4-5,7H,1,9H2,2-3H3,(H,10,11,12)/t7-/m0/s1. The van der Waals surface area contributed by atoms with E-state index in [1.165, 1.54) is 0 Å². The first-order chi connectivity index (χ1) is 5.49. The Morgan fingerprint density at radius 2 is 2.00 bits per heavy atom. The second-order valence-corrected chi connectivity index (χ2v) is 2.83. The molecule has 0 saturated heterocycles. The number of nitrogens with one attached hydrogen (secondary N) is 1. The quantitative estimate of drug-likeness (QED) is 0.576. The van der Waals surface area contributed by atoms with Crippen LogP contribution < -0.4 is 11.1 Å². The van der Waals surface area contributed by atoms with E-state index in [1.54, 1.807) is 0 Å². The van der Waals surface area contributed by atoms with Crippen LogP contribution in [-0.2, 0) is 9.59 Å². The van der Waals surface area contributed by atoms with Gasteiger partial charge in [0, 0.05) is 0 Å². The summed E-state index contributed by atoms with van der Waals surface area (Å²) < 4.78 is 0. The summed E-state index contributed by atoms with van der Waals surface area (Å²) in [6.07, 6.45) is 1.03. The Kier molecular flexibility index (Phi) is 4.21. The van der Waals surface area contributed by atoms with Crippen LogP contribution in [0.3, 0.4) is 0 Å². The van der Waals surface area contributed by atoms with Crippen LogP contribution in [0.15, 0.2) is 12.7 Å². The fraction of sp³-hybridized carbons (Fsp3) is 0.500. The molecule has 0 heterocycles. The second-order valence-electron chi connectivity index (χ2n) is 2.83. The van der Waals surface area contributed by atoms with Crippen LogP contribution in [0.4, 0.5) is 0 Å². The van der Waals surface area contributed by atoms with Gasteiger partial charge in [0.2, 0.25) is 11.8 Å². The maximum atomic E-state index is 11.0.